The molecule has 0 spiro atoms. The van der Waals surface area contributed by atoms with Gasteiger partial charge in [0, 0.05) is 5.56 Å². The van der Waals surface area contributed by atoms with E-state index in [-0.39, 0.29) is 11.5 Å². The Morgan fingerprint density at radius 2 is 1.90 bits per heavy atom. The first-order valence-electron chi connectivity index (χ1n) is 6.18. The summed E-state index contributed by atoms with van der Waals surface area (Å²) in [5, 5.41) is 5.09. The molecule has 1 amide bonds. The molecule has 1 aromatic carbocycles. The number of ether oxygens (including phenoxy) is 1. The highest BCUT2D eigenvalue weighted by Gasteiger charge is 2.32. The molecule has 6 N–H and O–H groups in total. The van der Waals surface area contributed by atoms with Crippen LogP contribution in [0.2, 0.25) is 0 Å². The highest BCUT2D eigenvalue weighted by atomic mass is 16.5. The zero-order valence-electron chi connectivity index (χ0n) is 11.3. The van der Waals surface area contributed by atoms with Crippen molar-refractivity contribution < 1.29 is 9.53 Å². The largest absolute Gasteiger partial charge is 0.497 e. The summed E-state index contributed by atoms with van der Waals surface area (Å²) >= 11 is 0. The van der Waals surface area contributed by atoms with E-state index < -0.39 is 11.8 Å². The van der Waals surface area contributed by atoms with Gasteiger partial charge >= 0.3 is 0 Å². The molecule has 0 fully saturated rings. The Morgan fingerprint density at radius 3 is 2.57 bits per heavy atom. The topological polar surface area (TPSA) is 128 Å². The van der Waals surface area contributed by atoms with Gasteiger partial charge in [0.1, 0.15) is 5.75 Å². The minimum Gasteiger partial charge on any atom is -0.497 e. The predicted molar refractivity (Wildman–Crippen MR) is 76.2 cm³/mol. The Balaban J connectivity index is 1.99. The number of fused-ring (bicyclic) bond motifs is 1. The van der Waals surface area contributed by atoms with Crippen LogP contribution < -0.4 is 26.8 Å². The molecule has 8 heteroatoms. The predicted octanol–water partition coefficient (Wildman–Crippen LogP) is -0.164. The van der Waals surface area contributed by atoms with Gasteiger partial charge in [0.25, 0.3) is 5.91 Å². The van der Waals surface area contributed by atoms with Crippen LogP contribution in [-0.2, 0) is 0 Å². The number of methoxy groups -OCH3 is 1. The quantitative estimate of drug-likeness (QED) is 0.564. The third-order valence-corrected chi connectivity index (χ3v) is 3.02. The van der Waals surface area contributed by atoms with Crippen LogP contribution in [0.3, 0.4) is 0 Å². The van der Waals surface area contributed by atoms with Crippen molar-refractivity contribution in [3.8, 4) is 17.0 Å². The maximum absolute atomic E-state index is 12.0. The van der Waals surface area contributed by atoms with Crippen LogP contribution in [0.4, 0.5) is 5.82 Å². The highest BCUT2D eigenvalue weighted by Crippen LogP contribution is 2.23. The molecule has 3 rings (SSSR count). The van der Waals surface area contributed by atoms with Gasteiger partial charge in [0.2, 0.25) is 5.91 Å². The number of nitrogens with two attached hydrogens (primary N) is 2. The van der Waals surface area contributed by atoms with Gasteiger partial charge in [-0.3, -0.25) is 16.3 Å². The Hall–Kier alpha value is -2.71. The number of anilines is 1. The Bertz CT molecular complexity index is 698. The second-order valence-electron chi connectivity index (χ2n) is 4.63. The zero-order chi connectivity index (χ0) is 15.0. The number of nitrogens with one attached hydrogen (secondary N) is 2. The molecule has 0 saturated heterocycles. The third-order valence-electron chi connectivity index (χ3n) is 3.02. The smallest absolute Gasteiger partial charge is 0.277 e. The Labute approximate surface area is 120 Å². The summed E-state index contributed by atoms with van der Waals surface area (Å²) in [6.07, 6.45) is 1.54. The van der Waals surface area contributed by atoms with Crippen molar-refractivity contribution in [3.63, 3.8) is 0 Å². The van der Waals surface area contributed by atoms with Gasteiger partial charge in [-0.15, -0.1) is 0 Å². The number of hydrogen-bond acceptors (Lipinski definition) is 7. The van der Waals surface area contributed by atoms with Crippen LogP contribution in [0.1, 0.15) is 10.5 Å². The van der Waals surface area contributed by atoms with E-state index in [0.29, 0.717) is 5.69 Å². The molecule has 0 aliphatic carbocycles. The first-order valence-corrected chi connectivity index (χ1v) is 6.18. The first-order chi connectivity index (χ1) is 9.98. The maximum Gasteiger partial charge on any atom is 0.277 e. The Kier molecular flexibility index (Phi) is 2.96. The van der Waals surface area contributed by atoms with Crippen molar-refractivity contribution in [2.24, 2.45) is 11.5 Å². The molecule has 0 atom stereocenters. The maximum atomic E-state index is 12.0. The van der Waals surface area contributed by atoms with E-state index in [4.69, 9.17) is 16.2 Å². The second kappa shape index (κ2) is 4.69. The van der Waals surface area contributed by atoms with Crippen molar-refractivity contribution in [3.05, 3.63) is 36.2 Å². The molecular weight excluding hydrogens is 272 g/mol. The van der Waals surface area contributed by atoms with Crippen molar-refractivity contribution in [2.75, 3.05) is 12.4 Å². The van der Waals surface area contributed by atoms with Crippen molar-refractivity contribution in [1.29, 1.82) is 0 Å². The second-order valence-corrected chi connectivity index (χ2v) is 4.63. The molecule has 0 radical (unpaired) electrons. The van der Waals surface area contributed by atoms with Gasteiger partial charge < -0.3 is 15.4 Å². The monoisotopic (exact) mass is 286 g/mol. The Morgan fingerprint density at radius 1 is 1.19 bits per heavy atom. The SMILES string of the molecule is COc1ccc(-c2cnc3c(n2)C(=O)NC(N)(N)N3)cc1. The summed E-state index contributed by atoms with van der Waals surface area (Å²) in [4.78, 5) is 20.4. The number of hydrogen-bond donors (Lipinski definition) is 4. The molecule has 1 aliphatic rings. The van der Waals surface area contributed by atoms with E-state index in [2.05, 4.69) is 20.6 Å². The van der Waals surface area contributed by atoms with Crippen LogP contribution >= 0.6 is 0 Å². The number of aromatic nitrogens is 2. The third kappa shape index (κ3) is 2.49. The molecule has 8 nitrogen and oxygen atoms in total. The number of nitrogens with zero attached hydrogens (tertiary/aromatic N) is 2. The van der Waals surface area contributed by atoms with E-state index >= 15 is 0 Å². The van der Waals surface area contributed by atoms with Crippen LogP contribution in [0, 0.1) is 0 Å². The molecule has 0 bridgehead atoms. The first kappa shape index (κ1) is 13.3. The molecule has 1 aliphatic heterocycles. The fraction of sp³-hybridized carbons (Fsp3) is 0.154. The number of carbonyl (C=O) groups is 1. The lowest BCUT2D eigenvalue weighted by atomic mass is 10.1. The van der Waals surface area contributed by atoms with Gasteiger partial charge in [-0.1, -0.05) is 0 Å². The summed E-state index contributed by atoms with van der Waals surface area (Å²) in [5.74, 6) is -1.02. The molecular formula is C13H14N6O2. The lowest BCUT2D eigenvalue weighted by Gasteiger charge is -2.31. The highest BCUT2D eigenvalue weighted by molar-refractivity contribution is 5.99. The molecule has 1 aromatic heterocycles. The summed E-state index contributed by atoms with van der Waals surface area (Å²) in [7, 11) is 1.59. The van der Waals surface area contributed by atoms with Crippen LogP contribution in [0.5, 0.6) is 5.75 Å². The lowest BCUT2D eigenvalue weighted by Crippen LogP contribution is -2.70. The van der Waals surface area contributed by atoms with E-state index in [9.17, 15) is 4.79 Å². The van der Waals surface area contributed by atoms with Crippen molar-refractivity contribution in [1.82, 2.24) is 15.3 Å². The fourth-order valence-electron chi connectivity index (χ4n) is 2.01. The summed E-state index contributed by atoms with van der Waals surface area (Å²) in [5.41, 5.74) is 12.8. The van der Waals surface area contributed by atoms with Gasteiger partial charge in [0.15, 0.2) is 11.5 Å². The fourth-order valence-corrected chi connectivity index (χ4v) is 2.01. The van der Waals surface area contributed by atoms with Crippen LogP contribution in [-0.4, -0.2) is 28.9 Å². The minimum absolute atomic E-state index is 0.148. The zero-order valence-corrected chi connectivity index (χ0v) is 11.3. The summed E-state index contributed by atoms with van der Waals surface area (Å²) in [6, 6.07) is 7.28. The minimum atomic E-state index is -1.53. The number of benzene rings is 1. The van der Waals surface area contributed by atoms with Gasteiger partial charge in [0.05, 0.1) is 19.0 Å². The van der Waals surface area contributed by atoms with Gasteiger partial charge in [-0.05, 0) is 24.3 Å². The van der Waals surface area contributed by atoms with Gasteiger partial charge in [-0.2, -0.15) is 0 Å². The van der Waals surface area contributed by atoms with Crippen molar-refractivity contribution >= 4 is 11.7 Å². The van der Waals surface area contributed by atoms with E-state index in [0.717, 1.165) is 11.3 Å². The van der Waals surface area contributed by atoms with E-state index in [1.807, 2.05) is 12.1 Å². The standard InChI is InChI=1S/C13H14N6O2/c1-21-8-4-2-7(3-5-8)9-6-16-11-10(17-9)12(20)19-13(14,15)18-11/h2-6H,14-15H2,1H3,(H,16,18)(H,19,20). The average Bonchev–Trinajstić information content (AvgIpc) is 2.46. The number of rotatable bonds is 2. The van der Waals surface area contributed by atoms with Crippen LogP contribution in [0.15, 0.2) is 30.5 Å². The van der Waals surface area contributed by atoms with Crippen molar-refractivity contribution in [2.45, 2.75) is 5.91 Å². The molecule has 2 aromatic rings. The number of amides is 1. The molecule has 0 saturated carbocycles. The molecule has 0 unspecified atom stereocenters. The van der Waals surface area contributed by atoms with Crippen LogP contribution in [0.25, 0.3) is 11.3 Å². The molecule has 108 valence electrons. The van der Waals surface area contributed by atoms with E-state index in [1.54, 1.807) is 25.4 Å². The van der Waals surface area contributed by atoms with Gasteiger partial charge in [-0.25, -0.2) is 9.97 Å². The normalized spacial score (nSPS) is 15.7. The summed E-state index contributed by atoms with van der Waals surface area (Å²) in [6.45, 7) is 0. The number of carbonyl (C=O) groups excluding carboxylic acids is 1. The summed E-state index contributed by atoms with van der Waals surface area (Å²) < 4.78 is 5.10. The average molecular weight is 286 g/mol. The van der Waals surface area contributed by atoms with E-state index in [1.165, 1.54) is 0 Å². The lowest BCUT2D eigenvalue weighted by molar-refractivity contribution is 0.0899. The molecule has 2 heterocycles. The molecule has 21 heavy (non-hydrogen) atoms.